The van der Waals surface area contributed by atoms with Crippen molar-refractivity contribution in [1.82, 2.24) is 0 Å². The number of ketones is 1. The lowest BCUT2D eigenvalue weighted by molar-refractivity contribution is -0.139. The number of hydrogen-bond donors (Lipinski definition) is 0. The van der Waals surface area contributed by atoms with Crippen LogP contribution in [0, 0.1) is 0 Å². The third kappa shape index (κ3) is 4.51. The highest BCUT2D eigenvalue weighted by Gasteiger charge is 2.37. The van der Waals surface area contributed by atoms with Gasteiger partial charge >= 0.3 is 17.8 Å². The molecular weight excluding hydrogens is 386 g/mol. The molecule has 30 heavy (non-hydrogen) atoms. The van der Waals surface area contributed by atoms with Crippen LogP contribution >= 0.6 is 0 Å². The minimum Gasteiger partial charge on any atom is -0.460 e. The molecule has 8 heteroatoms. The summed E-state index contributed by atoms with van der Waals surface area (Å²) in [4.78, 5) is 41.2. The quantitative estimate of drug-likeness (QED) is 0.241. The first kappa shape index (κ1) is 20.7. The summed E-state index contributed by atoms with van der Waals surface area (Å²) in [6.07, 6.45) is 2.51. The van der Waals surface area contributed by atoms with Crippen LogP contribution in [-0.2, 0) is 25.7 Å². The monoisotopic (exact) mass is 405 g/mol. The van der Waals surface area contributed by atoms with E-state index in [0.29, 0.717) is 5.69 Å². The molecule has 0 saturated heterocycles. The zero-order valence-electron chi connectivity index (χ0n) is 16.2. The van der Waals surface area contributed by atoms with Crippen molar-refractivity contribution in [3.8, 4) is 0 Å². The maximum absolute atomic E-state index is 12.9. The first-order chi connectivity index (χ1) is 14.5. The lowest BCUT2D eigenvalue weighted by Crippen LogP contribution is -2.44. The predicted molar refractivity (Wildman–Crippen MR) is 109 cm³/mol. The Bertz CT molecular complexity index is 1040. The van der Waals surface area contributed by atoms with E-state index in [1.54, 1.807) is 24.3 Å². The number of carbonyl (C=O) groups is 3. The standard InChI is InChI=1S/C22H19N3O5/c1-29-21(27)20(24-23)19(26)13-17-12-11-16-9-5-6-10-18(16)25(17)22(28)30-14-15-7-3-2-4-8-15/h2-12,17H,13-14H2,1H3. The fourth-order valence-corrected chi connectivity index (χ4v) is 3.10. The Morgan fingerprint density at radius 1 is 1.07 bits per heavy atom. The molecule has 0 aliphatic carbocycles. The molecule has 0 N–H and O–H groups in total. The number of rotatable bonds is 6. The lowest BCUT2D eigenvalue weighted by atomic mass is 9.98. The van der Waals surface area contributed by atoms with Gasteiger partial charge in [-0.2, -0.15) is 4.79 Å². The molecular formula is C22H19N3O5. The minimum absolute atomic E-state index is 0.0637. The molecule has 2 aromatic rings. The van der Waals surface area contributed by atoms with E-state index in [2.05, 4.69) is 9.53 Å². The first-order valence-electron chi connectivity index (χ1n) is 9.16. The molecule has 0 saturated carbocycles. The van der Waals surface area contributed by atoms with E-state index in [9.17, 15) is 14.4 Å². The van der Waals surface area contributed by atoms with Crippen molar-refractivity contribution in [2.45, 2.75) is 19.1 Å². The van der Waals surface area contributed by atoms with Crippen LogP contribution in [0.25, 0.3) is 11.6 Å². The van der Waals surface area contributed by atoms with Gasteiger partial charge in [0.1, 0.15) is 6.61 Å². The largest absolute Gasteiger partial charge is 0.460 e. The molecule has 0 aromatic heterocycles. The number of carbonyl (C=O) groups excluding carboxylic acids is 3. The van der Waals surface area contributed by atoms with Crippen LogP contribution in [-0.4, -0.2) is 41.5 Å². The molecule has 2 aromatic carbocycles. The zero-order chi connectivity index (χ0) is 21.5. The SMILES string of the molecule is COC(=O)C(=[N+]=[N-])C(=O)CC1C=Cc2ccccc2N1C(=O)OCc1ccccc1. The van der Waals surface area contributed by atoms with Crippen molar-refractivity contribution in [2.75, 3.05) is 12.0 Å². The fraction of sp³-hybridized carbons (Fsp3) is 0.182. The van der Waals surface area contributed by atoms with E-state index in [1.165, 1.54) is 4.90 Å². The van der Waals surface area contributed by atoms with Gasteiger partial charge in [0.15, 0.2) is 0 Å². The summed E-state index contributed by atoms with van der Waals surface area (Å²) >= 11 is 0. The second-order valence-electron chi connectivity index (χ2n) is 6.46. The number of anilines is 1. The van der Waals surface area contributed by atoms with Gasteiger partial charge in [-0.25, -0.2) is 9.59 Å². The fourth-order valence-electron chi connectivity index (χ4n) is 3.10. The molecule has 0 radical (unpaired) electrons. The number of Topliss-reactive ketones (excluding diaryl/α,β-unsaturated/α-hetero) is 1. The van der Waals surface area contributed by atoms with Crippen LogP contribution in [0.1, 0.15) is 17.5 Å². The van der Waals surface area contributed by atoms with Gasteiger partial charge in [-0.3, -0.25) is 9.69 Å². The smallest absolute Gasteiger partial charge is 0.441 e. The van der Waals surface area contributed by atoms with Crippen molar-refractivity contribution >= 4 is 35.3 Å². The van der Waals surface area contributed by atoms with Gasteiger partial charge in [-0.1, -0.05) is 60.7 Å². The Morgan fingerprint density at radius 2 is 1.77 bits per heavy atom. The summed E-state index contributed by atoms with van der Waals surface area (Å²) in [5, 5.41) is 0. The maximum atomic E-state index is 12.9. The molecule has 1 heterocycles. The van der Waals surface area contributed by atoms with Crippen LogP contribution < -0.4 is 4.90 Å². The number of nitrogens with zero attached hydrogens (tertiary/aromatic N) is 3. The van der Waals surface area contributed by atoms with E-state index < -0.39 is 29.6 Å². The number of hydrogen-bond acceptors (Lipinski definition) is 5. The summed E-state index contributed by atoms with van der Waals surface area (Å²) < 4.78 is 9.92. The Morgan fingerprint density at radius 3 is 2.47 bits per heavy atom. The number of esters is 1. The summed E-state index contributed by atoms with van der Waals surface area (Å²) in [6, 6.07) is 15.6. The Kier molecular flexibility index (Phi) is 6.52. The zero-order valence-corrected chi connectivity index (χ0v) is 16.2. The number of methoxy groups -OCH3 is 1. The van der Waals surface area contributed by atoms with Crippen molar-refractivity contribution < 1.29 is 28.6 Å². The molecule has 1 amide bonds. The number of para-hydroxylation sites is 1. The van der Waals surface area contributed by atoms with Crippen molar-refractivity contribution in [3.05, 3.63) is 77.3 Å². The summed E-state index contributed by atoms with van der Waals surface area (Å²) in [5.41, 5.74) is 10.4. The van der Waals surface area contributed by atoms with Crippen LogP contribution in [0.4, 0.5) is 10.5 Å². The minimum atomic E-state index is -1.05. The third-order valence-corrected chi connectivity index (χ3v) is 4.57. The normalized spacial score (nSPS) is 14.3. The topological polar surface area (TPSA) is 109 Å². The Hall–Kier alpha value is -4.03. The number of fused-ring (bicyclic) bond motifs is 1. The molecule has 0 bridgehead atoms. The van der Waals surface area contributed by atoms with Gasteiger partial charge in [-0.15, -0.1) is 0 Å². The molecule has 0 spiro atoms. The summed E-state index contributed by atoms with van der Waals surface area (Å²) in [5.74, 6) is -1.82. The first-order valence-corrected chi connectivity index (χ1v) is 9.16. The summed E-state index contributed by atoms with van der Waals surface area (Å²) in [6.45, 7) is 0.0637. The van der Waals surface area contributed by atoms with E-state index in [4.69, 9.17) is 10.3 Å². The molecule has 1 aliphatic rings. The average molecular weight is 405 g/mol. The number of ether oxygens (including phenoxy) is 2. The lowest BCUT2D eigenvalue weighted by Gasteiger charge is -2.32. The maximum Gasteiger partial charge on any atom is 0.441 e. The Labute approximate surface area is 172 Å². The van der Waals surface area contributed by atoms with E-state index in [1.807, 2.05) is 42.5 Å². The molecule has 152 valence electrons. The van der Waals surface area contributed by atoms with Gasteiger partial charge < -0.3 is 15.0 Å². The second kappa shape index (κ2) is 9.45. The molecule has 3 rings (SSSR count). The molecule has 1 atom stereocenters. The summed E-state index contributed by atoms with van der Waals surface area (Å²) in [7, 11) is 1.07. The molecule has 0 fully saturated rings. The van der Waals surface area contributed by atoms with E-state index in [0.717, 1.165) is 18.2 Å². The highest BCUT2D eigenvalue weighted by atomic mass is 16.6. The molecule has 8 nitrogen and oxygen atoms in total. The van der Waals surface area contributed by atoms with Crippen molar-refractivity contribution in [2.24, 2.45) is 0 Å². The van der Waals surface area contributed by atoms with Gasteiger partial charge in [0.2, 0.25) is 0 Å². The van der Waals surface area contributed by atoms with Gasteiger partial charge in [-0.05, 0) is 17.2 Å². The van der Waals surface area contributed by atoms with E-state index >= 15 is 0 Å². The second-order valence-corrected chi connectivity index (χ2v) is 6.46. The van der Waals surface area contributed by atoms with Gasteiger partial charge in [0.25, 0.3) is 5.78 Å². The highest BCUT2D eigenvalue weighted by Crippen LogP contribution is 2.31. The van der Waals surface area contributed by atoms with Crippen LogP contribution in [0.15, 0.2) is 60.7 Å². The Balaban J connectivity index is 1.84. The van der Waals surface area contributed by atoms with Crippen LogP contribution in [0.5, 0.6) is 0 Å². The number of benzene rings is 2. The predicted octanol–water partition coefficient (Wildman–Crippen LogP) is 3.03. The molecule has 1 unspecified atom stereocenters. The van der Waals surface area contributed by atoms with Gasteiger partial charge in [0, 0.05) is 6.42 Å². The van der Waals surface area contributed by atoms with Crippen LogP contribution in [0.2, 0.25) is 0 Å². The average Bonchev–Trinajstić information content (AvgIpc) is 2.78. The van der Waals surface area contributed by atoms with Crippen molar-refractivity contribution in [1.29, 1.82) is 0 Å². The van der Waals surface area contributed by atoms with Gasteiger partial charge in [0.05, 0.1) is 18.8 Å². The number of amides is 1. The van der Waals surface area contributed by atoms with Crippen molar-refractivity contribution in [3.63, 3.8) is 0 Å². The van der Waals surface area contributed by atoms with Crippen LogP contribution in [0.3, 0.4) is 0 Å². The molecule has 1 aliphatic heterocycles. The third-order valence-electron chi connectivity index (χ3n) is 4.57. The highest BCUT2D eigenvalue weighted by molar-refractivity contribution is 6.62. The van der Waals surface area contributed by atoms with E-state index in [-0.39, 0.29) is 13.0 Å².